The molecule has 0 bridgehead atoms. The van der Waals surface area contributed by atoms with Gasteiger partial charge in [-0.05, 0) is 36.2 Å². The lowest BCUT2D eigenvalue weighted by atomic mass is 10.1. The summed E-state index contributed by atoms with van der Waals surface area (Å²) in [7, 11) is 0. The fourth-order valence-electron chi connectivity index (χ4n) is 2.93. The molecule has 3 rings (SSSR count). The minimum atomic E-state index is -0.747. The Balaban J connectivity index is 1.46. The highest BCUT2D eigenvalue weighted by Crippen LogP contribution is 2.25. The maximum atomic E-state index is 13.1. The van der Waals surface area contributed by atoms with Crippen molar-refractivity contribution < 1.29 is 18.7 Å². The zero-order valence-electron chi connectivity index (χ0n) is 15.8. The summed E-state index contributed by atoms with van der Waals surface area (Å²) in [6.07, 6.45) is -0.747. The van der Waals surface area contributed by atoms with E-state index in [0.29, 0.717) is 6.54 Å². The number of hydrogen-bond acceptors (Lipinski definition) is 4. The van der Waals surface area contributed by atoms with E-state index in [1.165, 1.54) is 17.7 Å². The molecule has 7 heteroatoms. The number of carbonyl (C=O) groups is 1. The first kappa shape index (κ1) is 20.6. The third kappa shape index (κ3) is 5.92. The van der Waals surface area contributed by atoms with E-state index >= 15 is 0 Å². The highest BCUT2D eigenvalue weighted by atomic mass is 35.5. The third-order valence-corrected chi connectivity index (χ3v) is 4.86. The maximum absolute atomic E-state index is 13.1. The van der Waals surface area contributed by atoms with Gasteiger partial charge in [-0.3, -0.25) is 9.69 Å². The molecule has 1 aliphatic rings. The standard InChI is InChI=1S/C21H24ClFN2O3/c1-15(28-20-7-6-18(23)12-19(20)22)21(26)24-13-16-2-4-17(5-3-16)14-25-8-10-27-11-9-25/h2-7,12,15H,8-11,13-14H2,1H3,(H,24,26). The van der Waals surface area contributed by atoms with Crippen molar-refractivity contribution in [2.75, 3.05) is 26.3 Å². The van der Waals surface area contributed by atoms with Gasteiger partial charge in [0.25, 0.3) is 5.91 Å². The van der Waals surface area contributed by atoms with Crippen LogP contribution in [0.5, 0.6) is 5.75 Å². The molecule has 1 N–H and O–H groups in total. The molecule has 5 nitrogen and oxygen atoms in total. The van der Waals surface area contributed by atoms with Crippen molar-refractivity contribution in [1.29, 1.82) is 0 Å². The summed E-state index contributed by atoms with van der Waals surface area (Å²) in [6.45, 7) is 6.41. The lowest BCUT2D eigenvalue weighted by Gasteiger charge is -2.26. The number of nitrogens with one attached hydrogen (secondary N) is 1. The molecule has 1 amide bonds. The molecular weight excluding hydrogens is 383 g/mol. The fraction of sp³-hybridized carbons (Fsp3) is 0.381. The van der Waals surface area contributed by atoms with E-state index in [2.05, 4.69) is 22.3 Å². The zero-order chi connectivity index (χ0) is 19.9. The van der Waals surface area contributed by atoms with Gasteiger partial charge in [-0.15, -0.1) is 0 Å². The molecule has 2 aromatic rings. The average molecular weight is 407 g/mol. The van der Waals surface area contributed by atoms with E-state index in [4.69, 9.17) is 21.1 Å². The number of rotatable bonds is 7. The molecular formula is C21H24ClFN2O3. The monoisotopic (exact) mass is 406 g/mol. The second-order valence-corrected chi connectivity index (χ2v) is 7.16. The third-order valence-electron chi connectivity index (χ3n) is 4.57. The molecule has 1 fully saturated rings. The van der Waals surface area contributed by atoms with E-state index in [9.17, 15) is 9.18 Å². The van der Waals surface area contributed by atoms with E-state index in [1.807, 2.05) is 12.1 Å². The van der Waals surface area contributed by atoms with Crippen LogP contribution in [0, 0.1) is 5.82 Å². The molecule has 0 aliphatic carbocycles. The van der Waals surface area contributed by atoms with Crippen LogP contribution >= 0.6 is 11.6 Å². The van der Waals surface area contributed by atoms with Crippen LogP contribution in [-0.2, 0) is 22.6 Å². The summed E-state index contributed by atoms with van der Waals surface area (Å²) in [6, 6.07) is 12.0. The van der Waals surface area contributed by atoms with Crippen LogP contribution in [0.25, 0.3) is 0 Å². The molecule has 150 valence electrons. The smallest absolute Gasteiger partial charge is 0.261 e. The highest BCUT2D eigenvalue weighted by molar-refractivity contribution is 6.32. The fourth-order valence-corrected chi connectivity index (χ4v) is 3.14. The normalized spacial score (nSPS) is 15.8. The van der Waals surface area contributed by atoms with Crippen molar-refractivity contribution >= 4 is 17.5 Å². The average Bonchev–Trinajstić information content (AvgIpc) is 2.70. The van der Waals surface area contributed by atoms with Crippen LogP contribution in [0.15, 0.2) is 42.5 Å². The largest absolute Gasteiger partial charge is 0.479 e. The second-order valence-electron chi connectivity index (χ2n) is 6.76. The Morgan fingerprint density at radius 1 is 1.21 bits per heavy atom. The van der Waals surface area contributed by atoms with Gasteiger partial charge in [-0.1, -0.05) is 35.9 Å². The van der Waals surface area contributed by atoms with Gasteiger partial charge >= 0.3 is 0 Å². The topological polar surface area (TPSA) is 50.8 Å². The number of halogens is 2. The lowest BCUT2D eigenvalue weighted by Crippen LogP contribution is -2.36. The Bertz CT molecular complexity index is 795. The summed E-state index contributed by atoms with van der Waals surface area (Å²) in [5, 5.41) is 2.98. The van der Waals surface area contributed by atoms with Gasteiger partial charge in [-0.25, -0.2) is 4.39 Å². The van der Waals surface area contributed by atoms with E-state index < -0.39 is 11.9 Å². The highest BCUT2D eigenvalue weighted by Gasteiger charge is 2.16. The van der Waals surface area contributed by atoms with Gasteiger partial charge in [0.05, 0.1) is 18.2 Å². The molecule has 2 aromatic carbocycles. The summed E-state index contributed by atoms with van der Waals surface area (Å²) in [4.78, 5) is 14.6. The van der Waals surface area contributed by atoms with Crippen LogP contribution in [0.3, 0.4) is 0 Å². The Morgan fingerprint density at radius 3 is 2.57 bits per heavy atom. The maximum Gasteiger partial charge on any atom is 0.261 e. The Hall–Kier alpha value is -2.15. The number of benzene rings is 2. The Kier molecular flexibility index (Phi) is 7.25. The summed E-state index contributed by atoms with van der Waals surface area (Å²) >= 11 is 5.93. The molecule has 1 heterocycles. The van der Waals surface area contributed by atoms with Gasteiger partial charge in [0, 0.05) is 26.2 Å². The summed E-state index contributed by atoms with van der Waals surface area (Å²) in [5.41, 5.74) is 2.24. The molecule has 0 aromatic heterocycles. The van der Waals surface area contributed by atoms with Gasteiger partial charge in [0.2, 0.25) is 0 Å². The molecule has 28 heavy (non-hydrogen) atoms. The SMILES string of the molecule is CC(Oc1ccc(F)cc1Cl)C(=O)NCc1ccc(CN2CCOCC2)cc1. The first-order valence-electron chi connectivity index (χ1n) is 9.28. The number of carbonyl (C=O) groups excluding carboxylic acids is 1. The summed E-state index contributed by atoms with van der Waals surface area (Å²) < 4.78 is 24.0. The Labute approximate surface area is 169 Å². The first-order chi connectivity index (χ1) is 13.5. The van der Waals surface area contributed by atoms with Crippen molar-refractivity contribution in [2.24, 2.45) is 0 Å². The Morgan fingerprint density at radius 2 is 1.89 bits per heavy atom. The molecule has 1 saturated heterocycles. The van der Waals surface area contributed by atoms with E-state index in [0.717, 1.165) is 44.5 Å². The second kappa shape index (κ2) is 9.87. The van der Waals surface area contributed by atoms with Crippen LogP contribution in [0.1, 0.15) is 18.1 Å². The zero-order valence-corrected chi connectivity index (χ0v) is 16.5. The van der Waals surface area contributed by atoms with Crippen molar-refractivity contribution in [2.45, 2.75) is 26.1 Å². The van der Waals surface area contributed by atoms with Crippen molar-refractivity contribution in [3.8, 4) is 5.75 Å². The van der Waals surface area contributed by atoms with Crippen molar-refractivity contribution in [3.63, 3.8) is 0 Å². The minimum absolute atomic E-state index is 0.135. The van der Waals surface area contributed by atoms with Crippen LogP contribution in [0.2, 0.25) is 5.02 Å². The quantitative estimate of drug-likeness (QED) is 0.765. The van der Waals surface area contributed by atoms with Gasteiger partial charge < -0.3 is 14.8 Å². The van der Waals surface area contributed by atoms with Gasteiger partial charge in [0.1, 0.15) is 11.6 Å². The van der Waals surface area contributed by atoms with Crippen LogP contribution < -0.4 is 10.1 Å². The van der Waals surface area contributed by atoms with E-state index in [1.54, 1.807) is 6.92 Å². The van der Waals surface area contributed by atoms with Crippen LogP contribution in [-0.4, -0.2) is 43.2 Å². The molecule has 1 aliphatic heterocycles. The predicted octanol–water partition coefficient (Wildman–Crippen LogP) is 3.40. The lowest BCUT2D eigenvalue weighted by molar-refractivity contribution is -0.127. The number of ether oxygens (including phenoxy) is 2. The predicted molar refractivity (Wildman–Crippen MR) is 106 cm³/mol. The minimum Gasteiger partial charge on any atom is -0.479 e. The number of hydrogen-bond donors (Lipinski definition) is 1. The molecule has 0 saturated carbocycles. The van der Waals surface area contributed by atoms with Crippen molar-refractivity contribution in [3.05, 3.63) is 64.4 Å². The summed E-state index contributed by atoms with van der Waals surface area (Å²) in [5.74, 6) is -0.442. The first-order valence-corrected chi connectivity index (χ1v) is 9.66. The van der Waals surface area contributed by atoms with Crippen molar-refractivity contribution in [1.82, 2.24) is 10.2 Å². The number of nitrogens with zero attached hydrogens (tertiary/aromatic N) is 1. The molecule has 1 unspecified atom stereocenters. The van der Waals surface area contributed by atoms with Gasteiger partial charge in [-0.2, -0.15) is 0 Å². The van der Waals surface area contributed by atoms with E-state index in [-0.39, 0.29) is 16.7 Å². The van der Waals surface area contributed by atoms with Crippen LogP contribution in [0.4, 0.5) is 4.39 Å². The molecule has 1 atom stereocenters. The number of amides is 1. The molecule has 0 radical (unpaired) electrons. The number of morpholine rings is 1. The van der Waals surface area contributed by atoms with Gasteiger partial charge in [0.15, 0.2) is 6.10 Å². The molecule has 0 spiro atoms.